The lowest BCUT2D eigenvalue weighted by atomic mass is 10.1. The molecule has 0 spiro atoms. The number of hydrazone groups is 1. The van der Waals surface area contributed by atoms with Crippen molar-refractivity contribution >= 4 is 11.6 Å². The van der Waals surface area contributed by atoms with Crippen molar-refractivity contribution in [1.82, 2.24) is 5.43 Å². The van der Waals surface area contributed by atoms with E-state index < -0.39 is 0 Å². The molecule has 2 aromatic carbocycles. The normalized spacial score (nSPS) is 19.8. The van der Waals surface area contributed by atoms with E-state index in [1.807, 2.05) is 48.5 Å². The Kier molecular flexibility index (Phi) is 5.42. The maximum atomic E-state index is 12.4. The van der Waals surface area contributed by atoms with Crippen LogP contribution in [0.3, 0.4) is 0 Å². The Morgan fingerprint density at radius 3 is 2.42 bits per heavy atom. The van der Waals surface area contributed by atoms with Crippen LogP contribution < -0.4 is 5.43 Å². The van der Waals surface area contributed by atoms with Gasteiger partial charge in [-0.25, -0.2) is 5.43 Å². The first-order valence-corrected chi connectivity index (χ1v) is 8.76. The molecule has 1 aliphatic rings. The number of unbranched alkanes of at least 4 members (excludes halogenated alkanes) is 1. The van der Waals surface area contributed by atoms with Gasteiger partial charge in [-0.05, 0) is 36.3 Å². The van der Waals surface area contributed by atoms with E-state index in [0.717, 1.165) is 37.0 Å². The second-order valence-corrected chi connectivity index (χ2v) is 6.36. The third-order valence-corrected chi connectivity index (χ3v) is 4.53. The van der Waals surface area contributed by atoms with E-state index >= 15 is 0 Å². The largest absolute Gasteiger partial charge is 0.273 e. The Labute approximate surface area is 143 Å². The molecule has 0 aliphatic heterocycles. The van der Waals surface area contributed by atoms with Crippen molar-refractivity contribution in [3.63, 3.8) is 0 Å². The molecule has 0 bridgehead atoms. The number of carbonyl (C=O) groups is 1. The number of carbonyl (C=O) groups excluding carboxylic acids is 1. The highest BCUT2D eigenvalue weighted by molar-refractivity contribution is 6.01. The van der Waals surface area contributed by atoms with Crippen molar-refractivity contribution in [2.45, 2.75) is 38.5 Å². The van der Waals surface area contributed by atoms with Gasteiger partial charge >= 0.3 is 0 Å². The third-order valence-electron chi connectivity index (χ3n) is 4.53. The van der Waals surface area contributed by atoms with E-state index in [1.54, 1.807) is 0 Å². The smallest absolute Gasteiger partial charge is 0.243 e. The van der Waals surface area contributed by atoms with Crippen molar-refractivity contribution < 1.29 is 4.79 Å². The van der Waals surface area contributed by atoms with Gasteiger partial charge in [0.15, 0.2) is 0 Å². The lowest BCUT2D eigenvalue weighted by Crippen LogP contribution is -2.22. The van der Waals surface area contributed by atoms with Gasteiger partial charge in [-0.1, -0.05) is 74.0 Å². The van der Waals surface area contributed by atoms with Crippen molar-refractivity contribution in [3.8, 4) is 0 Å². The maximum absolute atomic E-state index is 12.4. The van der Waals surface area contributed by atoms with Crippen molar-refractivity contribution in [2.75, 3.05) is 0 Å². The maximum Gasteiger partial charge on any atom is 0.243 e. The van der Waals surface area contributed by atoms with E-state index in [0.29, 0.717) is 5.92 Å². The summed E-state index contributed by atoms with van der Waals surface area (Å²) in [5.74, 6) is 0.436. The summed E-state index contributed by atoms with van der Waals surface area (Å²) in [7, 11) is 0. The van der Waals surface area contributed by atoms with Gasteiger partial charge < -0.3 is 0 Å². The van der Waals surface area contributed by atoms with E-state index in [1.165, 1.54) is 5.56 Å². The minimum absolute atomic E-state index is 0.0359. The van der Waals surface area contributed by atoms with Crippen LogP contribution in [-0.4, -0.2) is 11.6 Å². The first-order valence-electron chi connectivity index (χ1n) is 8.76. The molecule has 1 fully saturated rings. The van der Waals surface area contributed by atoms with E-state index in [9.17, 15) is 4.79 Å². The van der Waals surface area contributed by atoms with Crippen LogP contribution in [0.4, 0.5) is 0 Å². The number of nitrogens with zero attached hydrogens (tertiary/aromatic N) is 1. The molecule has 2 unspecified atom stereocenters. The van der Waals surface area contributed by atoms with Crippen LogP contribution in [0.2, 0.25) is 0 Å². The SMILES string of the molecule is CCCC/C(=N\NC(=O)C1CC1c1ccccc1)c1ccccc1. The molecule has 3 heteroatoms. The first kappa shape index (κ1) is 16.4. The van der Waals surface area contributed by atoms with Gasteiger partial charge in [0.05, 0.1) is 5.71 Å². The topological polar surface area (TPSA) is 41.5 Å². The molecular formula is C21H24N2O. The molecule has 1 N–H and O–H groups in total. The zero-order valence-electron chi connectivity index (χ0n) is 14.1. The highest BCUT2D eigenvalue weighted by Crippen LogP contribution is 2.47. The predicted octanol–water partition coefficient (Wildman–Crippen LogP) is 4.50. The highest BCUT2D eigenvalue weighted by Gasteiger charge is 2.43. The molecule has 0 saturated heterocycles. The van der Waals surface area contributed by atoms with Gasteiger partial charge in [-0.2, -0.15) is 5.10 Å². The standard InChI is InChI=1S/C21H24N2O/c1-2-3-14-20(17-12-8-5-9-13-17)22-23-21(24)19-15-18(19)16-10-6-4-7-11-16/h4-13,18-19H,2-3,14-15H2,1H3,(H,23,24)/b22-20+. The summed E-state index contributed by atoms with van der Waals surface area (Å²) in [6.07, 6.45) is 3.98. The third kappa shape index (κ3) is 4.10. The summed E-state index contributed by atoms with van der Waals surface area (Å²) in [5, 5.41) is 4.44. The Morgan fingerprint density at radius 1 is 1.08 bits per heavy atom. The Hall–Kier alpha value is -2.42. The molecule has 24 heavy (non-hydrogen) atoms. The van der Waals surface area contributed by atoms with Crippen LogP contribution in [0.25, 0.3) is 0 Å². The van der Waals surface area contributed by atoms with Crippen LogP contribution in [0.5, 0.6) is 0 Å². The van der Waals surface area contributed by atoms with Crippen LogP contribution in [0.1, 0.15) is 49.7 Å². The first-order chi connectivity index (χ1) is 11.8. The number of rotatable bonds is 7. The highest BCUT2D eigenvalue weighted by atomic mass is 16.2. The molecule has 0 aromatic heterocycles. The van der Waals surface area contributed by atoms with Gasteiger partial charge in [-0.3, -0.25) is 4.79 Å². The molecule has 0 heterocycles. The van der Waals surface area contributed by atoms with Gasteiger partial charge in [0, 0.05) is 5.92 Å². The number of hydrogen-bond donors (Lipinski definition) is 1. The summed E-state index contributed by atoms with van der Waals surface area (Å²) in [6.45, 7) is 2.16. The lowest BCUT2D eigenvalue weighted by Gasteiger charge is -2.07. The van der Waals surface area contributed by atoms with Crippen LogP contribution >= 0.6 is 0 Å². The quantitative estimate of drug-likeness (QED) is 0.592. The molecular weight excluding hydrogens is 296 g/mol. The molecule has 0 radical (unpaired) electrons. The minimum Gasteiger partial charge on any atom is -0.273 e. The molecule has 1 saturated carbocycles. The molecule has 2 atom stereocenters. The predicted molar refractivity (Wildman–Crippen MR) is 97.9 cm³/mol. The zero-order chi connectivity index (χ0) is 16.8. The number of hydrogen-bond acceptors (Lipinski definition) is 2. The second-order valence-electron chi connectivity index (χ2n) is 6.36. The number of amides is 1. The Morgan fingerprint density at radius 2 is 1.75 bits per heavy atom. The fourth-order valence-corrected chi connectivity index (χ4v) is 3.00. The monoisotopic (exact) mass is 320 g/mol. The average Bonchev–Trinajstić information content (AvgIpc) is 3.44. The molecule has 1 aliphatic carbocycles. The average molecular weight is 320 g/mol. The molecule has 1 amide bonds. The van der Waals surface area contributed by atoms with Gasteiger partial charge in [-0.15, -0.1) is 0 Å². The lowest BCUT2D eigenvalue weighted by molar-refractivity contribution is -0.122. The summed E-state index contributed by atoms with van der Waals surface area (Å²) in [5.41, 5.74) is 6.09. The van der Waals surface area contributed by atoms with Crippen LogP contribution in [-0.2, 0) is 4.79 Å². The fraction of sp³-hybridized carbons (Fsp3) is 0.333. The number of benzene rings is 2. The van der Waals surface area contributed by atoms with Crippen molar-refractivity contribution in [1.29, 1.82) is 0 Å². The summed E-state index contributed by atoms with van der Waals surface area (Å²) in [4.78, 5) is 12.4. The van der Waals surface area contributed by atoms with E-state index in [-0.39, 0.29) is 11.8 Å². The molecule has 124 valence electrons. The molecule has 3 rings (SSSR count). The van der Waals surface area contributed by atoms with Gasteiger partial charge in [0.25, 0.3) is 0 Å². The Balaban J connectivity index is 1.63. The zero-order valence-corrected chi connectivity index (χ0v) is 14.1. The van der Waals surface area contributed by atoms with E-state index in [4.69, 9.17) is 0 Å². The van der Waals surface area contributed by atoms with Crippen LogP contribution in [0.15, 0.2) is 65.8 Å². The van der Waals surface area contributed by atoms with E-state index in [2.05, 4.69) is 29.6 Å². The fourth-order valence-electron chi connectivity index (χ4n) is 3.00. The summed E-state index contributed by atoms with van der Waals surface area (Å²) >= 11 is 0. The molecule has 2 aromatic rings. The van der Waals surface area contributed by atoms with Crippen molar-refractivity contribution in [3.05, 3.63) is 71.8 Å². The summed E-state index contributed by atoms with van der Waals surface area (Å²) in [6, 6.07) is 20.3. The van der Waals surface area contributed by atoms with Crippen LogP contribution in [0, 0.1) is 5.92 Å². The van der Waals surface area contributed by atoms with Gasteiger partial charge in [0.1, 0.15) is 0 Å². The van der Waals surface area contributed by atoms with Gasteiger partial charge in [0.2, 0.25) is 5.91 Å². The Bertz CT molecular complexity index is 694. The molecule has 3 nitrogen and oxygen atoms in total. The number of nitrogens with one attached hydrogen (secondary N) is 1. The summed E-state index contributed by atoms with van der Waals surface area (Å²) < 4.78 is 0. The second kappa shape index (κ2) is 7.91. The van der Waals surface area contributed by atoms with Crippen molar-refractivity contribution in [2.24, 2.45) is 11.0 Å². The minimum atomic E-state index is 0.0359.